The van der Waals surface area contributed by atoms with E-state index in [0.29, 0.717) is 36.8 Å². The molecular weight excluding hydrogens is 602 g/mol. The Kier molecular flexibility index (Phi) is 8.59. The summed E-state index contributed by atoms with van der Waals surface area (Å²) in [6, 6.07) is 11.6. The van der Waals surface area contributed by atoms with Gasteiger partial charge in [-0.3, -0.25) is 14.5 Å². The molecule has 0 spiro atoms. The lowest BCUT2D eigenvalue weighted by Crippen LogP contribution is -2.29. The number of nitrogens with zero attached hydrogens (tertiary/aromatic N) is 1. The molecule has 2 aromatic carbocycles. The Labute approximate surface area is 204 Å². The fourth-order valence-electron chi connectivity index (χ4n) is 2.75. The number of hydrogen-bond donors (Lipinski definition) is 0. The van der Waals surface area contributed by atoms with Gasteiger partial charge in [0.25, 0.3) is 11.1 Å². The van der Waals surface area contributed by atoms with Crippen molar-refractivity contribution >= 4 is 76.8 Å². The number of methoxy groups -OCH3 is 1. The second-order valence-electron chi connectivity index (χ2n) is 6.41. The van der Waals surface area contributed by atoms with Gasteiger partial charge in [-0.05, 0) is 91.5 Å². The van der Waals surface area contributed by atoms with Gasteiger partial charge in [0.05, 0.1) is 13.9 Å². The highest BCUT2D eigenvalue weighted by atomic mass is 79.9. The summed E-state index contributed by atoms with van der Waals surface area (Å²) in [5.41, 5.74) is 1.83. The first-order valence-corrected chi connectivity index (χ1v) is 12.2. The van der Waals surface area contributed by atoms with Crippen molar-refractivity contribution in [1.29, 1.82) is 0 Å². The van der Waals surface area contributed by atoms with Crippen LogP contribution in [0.25, 0.3) is 6.08 Å². The molecule has 1 aliphatic heterocycles. The van der Waals surface area contributed by atoms with E-state index in [1.807, 2.05) is 36.4 Å². The van der Waals surface area contributed by atoms with Crippen molar-refractivity contribution in [2.45, 2.75) is 13.0 Å². The highest BCUT2D eigenvalue weighted by Gasteiger charge is 2.34. The average Bonchev–Trinajstić information content (AvgIpc) is 2.96. The molecule has 1 saturated heterocycles. The van der Waals surface area contributed by atoms with Crippen LogP contribution in [0.15, 0.2) is 54.7 Å². The van der Waals surface area contributed by atoms with Gasteiger partial charge in [-0.1, -0.05) is 28.1 Å². The van der Waals surface area contributed by atoms with Crippen LogP contribution in [0, 0.1) is 0 Å². The van der Waals surface area contributed by atoms with Crippen molar-refractivity contribution in [3.05, 3.63) is 65.8 Å². The molecule has 0 atom stereocenters. The van der Waals surface area contributed by atoms with Gasteiger partial charge in [0, 0.05) is 24.7 Å². The SMILES string of the molecule is COCCCN1C(=O)S/C(=C/c2cc(Br)c(OCc3ccc(Br)cc3)c(Br)c2)C1=O. The van der Waals surface area contributed by atoms with Crippen molar-refractivity contribution in [1.82, 2.24) is 4.90 Å². The standard InChI is InChI=1S/C21H18Br3NO4S/c1-28-8-2-7-25-20(26)18(30-21(25)27)11-14-9-16(23)19(17(24)10-14)29-12-13-3-5-15(22)6-4-13/h3-6,9-11H,2,7-8,12H2,1H3/b18-11+. The zero-order valence-electron chi connectivity index (χ0n) is 16.0. The van der Waals surface area contributed by atoms with E-state index in [0.717, 1.165) is 36.3 Å². The largest absolute Gasteiger partial charge is 0.487 e. The van der Waals surface area contributed by atoms with Crippen molar-refractivity contribution in [2.24, 2.45) is 0 Å². The Morgan fingerprint density at radius 3 is 2.37 bits per heavy atom. The second kappa shape index (κ2) is 10.9. The van der Waals surface area contributed by atoms with E-state index in [1.54, 1.807) is 13.2 Å². The number of carbonyl (C=O) groups excluding carboxylic acids is 2. The number of rotatable bonds is 8. The maximum Gasteiger partial charge on any atom is 0.293 e. The molecule has 5 nitrogen and oxygen atoms in total. The second-order valence-corrected chi connectivity index (χ2v) is 10.0. The Morgan fingerprint density at radius 2 is 1.73 bits per heavy atom. The number of ether oxygens (including phenoxy) is 2. The van der Waals surface area contributed by atoms with Crippen LogP contribution in [-0.4, -0.2) is 36.3 Å². The number of halogens is 3. The first-order chi connectivity index (χ1) is 14.4. The Balaban J connectivity index is 1.72. The molecular formula is C21H18Br3NO4S. The van der Waals surface area contributed by atoms with Crippen molar-refractivity contribution in [3.8, 4) is 5.75 Å². The normalized spacial score (nSPS) is 15.3. The molecule has 0 N–H and O–H groups in total. The summed E-state index contributed by atoms with van der Waals surface area (Å²) in [7, 11) is 1.59. The molecule has 0 aromatic heterocycles. The summed E-state index contributed by atoms with van der Waals surface area (Å²) in [4.78, 5) is 26.4. The lowest BCUT2D eigenvalue weighted by molar-refractivity contribution is -0.122. The molecule has 1 heterocycles. The minimum Gasteiger partial charge on any atom is -0.487 e. The van der Waals surface area contributed by atoms with Crippen molar-refractivity contribution in [3.63, 3.8) is 0 Å². The quantitative estimate of drug-likeness (QED) is 0.245. The number of thioether (sulfide) groups is 1. The van der Waals surface area contributed by atoms with Crippen LogP contribution in [0.5, 0.6) is 5.75 Å². The monoisotopic (exact) mass is 617 g/mol. The lowest BCUT2D eigenvalue weighted by Gasteiger charge is -2.12. The number of imide groups is 1. The maximum absolute atomic E-state index is 12.6. The van der Waals surface area contributed by atoms with Gasteiger partial charge >= 0.3 is 0 Å². The van der Waals surface area contributed by atoms with Crippen LogP contribution in [0.2, 0.25) is 0 Å². The van der Waals surface area contributed by atoms with Crippen LogP contribution in [0.3, 0.4) is 0 Å². The van der Waals surface area contributed by atoms with Crippen LogP contribution in [0.4, 0.5) is 4.79 Å². The average molecular weight is 620 g/mol. The molecule has 0 radical (unpaired) electrons. The van der Waals surface area contributed by atoms with Gasteiger partial charge in [0.2, 0.25) is 0 Å². The minimum atomic E-state index is -0.274. The first-order valence-electron chi connectivity index (χ1n) is 8.99. The first kappa shape index (κ1) is 23.5. The fraction of sp³-hybridized carbons (Fsp3) is 0.238. The third-order valence-electron chi connectivity index (χ3n) is 4.22. The highest BCUT2D eigenvalue weighted by Crippen LogP contribution is 2.38. The number of amides is 2. The zero-order chi connectivity index (χ0) is 21.7. The summed E-state index contributed by atoms with van der Waals surface area (Å²) >= 11 is 11.4. The van der Waals surface area contributed by atoms with E-state index in [2.05, 4.69) is 47.8 Å². The molecule has 3 rings (SSSR count). The molecule has 0 saturated carbocycles. The molecule has 158 valence electrons. The Bertz CT molecular complexity index is 956. The van der Waals surface area contributed by atoms with Gasteiger partial charge < -0.3 is 9.47 Å². The summed E-state index contributed by atoms with van der Waals surface area (Å²) in [5, 5.41) is -0.255. The third-order valence-corrected chi connectivity index (χ3v) is 6.83. The molecule has 1 aliphatic rings. The highest BCUT2D eigenvalue weighted by molar-refractivity contribution is 9.11. The predicted molar refractivity (Wildman–Crippen MR) is 129 cm³/mol. The van der Waals surface area contributed by atoms with Gasteiger partial charge in [0.15, 0.2) is 0 Å². The third kappa shape index (κ3) is 5.97. The van der Waals surface area contributed by atoms with Crippen LogP contribution in [0.1, 0.15) is 17.5 Å². The van der Waals surface area contributed by atoms with Crippen molar-refractivity contribution in [2.75, 3.05) is 20.3 Å². The smallest absolute Gasteiger partial charge is 0.293 e. The van der Waals surface area contributed by atoms with Gasteiger partial charge in [-0.25, -0.2) is 0 Å². The fourth-order valence-corrected chi connectivity index (χ4v) is 5.33. The Hall–Kier alpha value is -1.13. The maximum atomic E-state index is 12.6. The minimum absolute atomic E-state index is 0.255. The van der Waals surface area contributed by atoms with Crippen LogP contribution >= 0.6 is 59.6 Å². The van der Waals surface area contributed by atoms with Crippen molar-refractivity contribution < 1.29 is 19.1 Å². The number of carbonyl (C=O) groups is 2. The van der Waals surface area contributed by atoms with E-state index in [-0.39, 0.29) is 11.1 Å². The van der Waals surface area contributed by atoms with E-state index >= 15 is 0 Å². The van der Waals surface area contributed by atoms with E-state index < -0.39 is 0 Å². The molecule has 9 heteroatoms. The molecule has 0 unspecified atom stereocenters. The molecule has 0 bridgehead atoms. The molecule has 1 fully saturated rings. The van der Waals surface area contributed by atoms with Crippen LogP contribution in [-0.2, 0) is 16.1 Å². The zero-order valence-corrected chi connectivity index (χ0v) is 21.6. The summed E-state index contributed by atoms with van der Waals surface area (Å²) in [6.45, 7) is 1.28. The topological polar surface area (TPSA) is 55.8 Å². The number of benzene rings is 2. The molecule has 30 heavy (non-hydrogen) atoms. The summed E-state index contributed by atoms with van der Waals surface area (Å²) in [6.07, 6.45) is 2.33. The summed E-state index contributed by atoms with van der Waals surface area (Å²) < 4.78 is 13.5. The van der Waals surface area contributed by atoms with E-state index in [1.165, 1.54) is 4.90 Å². The van der Waals surface area contributed by atoms with Gasteiger partial charge in [0.1, 0.15) is 12.4 Å². The summed E-state index contributed by atoms with van der Waals surface area (Å²) in [5.74, 6) is 0.395. The van der Waals surface area contributed by atoms with Crippen LogP contribution < -0.4 is 4.74 Å². The molecule has 0 aliphatic carbocycles. The molecule has 2 amide bonds. The Morgan fingerprint density at radius 1 is 1.07 bits per heavy atom. The molecule has 2 aromatic rings. The predicted octanol–water partition coefficient (Wildman–Crippen LogP) is 6.63. The lowest BCUT2D eigenvalue weighted by atomic mass is 10.2. The number of hydrogen-bond acceptors (Lipinski definition) is 5. The van der Waals surface area contributed by atoms with Gasteiger partial charge in [-0.15, -0.1) is 0 Å². The van der Waals surface area contributed by atoms with E-state index in [9.17, 15) is 9.59 Å². The van der Waals surface area contributed by atoms with Gasteiger partial charge in [-0.2, -0.15) is 0 Å². The van der Waals surface area contributed by atoms with E-state index in [4.69, 9.17) is 9.47 Å².